The van der Waals surface area contributed by atoms with Crippen LogP contribution in [0.1, 0.15) is 180 Å². The van der Waals surface area contributed by atoms with Gasteiger partial charge in [0, 0.05) is 57.2 Å². The number of benzene rings is 6. The Morgan fingerprint density at radius 3 is 2.02 bits per heavy atom. The highest BCUT2D eigenvalue weighted by atomic mass is 16.3. The third-order valence-corrected chi connectivity index (χ3v) is 11.7. The first-order valence-corrected chi connectivity index (χ1v) is 21.3. The first-order chi connectivity index (χ1) is 42.9. The third-order valence-electron chi connectivity index (χ3n) is 11.7. The van der Waals surface area contributed by atoms with Gasteiger partial charge in [-0.1, -0.05) is 168 Å². The van der Waals surface area contributed by atoms with Gasteiger partial charge in [0.1, 0.15) is 11.6 Å². The van der Waals surface area contributed by atoms with Crippen molar-refractivity contribution in [2.75, 3.05) is 0 Å². The molecule has 0 amide bonds. The highest BCUT2D eigenvalue weighted by Crippen LogP contribution is 2.45. The van der Waals surface area contributed by atoms with E-state index in [-0.39, 0.29) is 51.1 Å². The van der Waals surface area contributed by atoms with E-state index in [0.29, 0.717) is 39.4 Å². The topological polar surface area (TPSA) is 50.9 Å². The number of fused-ring (bicyclic) bond motifs is 1. The molecule has 8 aromatic rings. The van der Waals surface area contributed by atoms with Crippen molar-refractivity contribution in [1.29, 1.82) is 0 Å². The van der Waals surface area contributed by atoms with E-state index in [2.05, 4.69) is 4.98 Å². The van der Waals surface area contributed by atoms with Crippen LogP contribution in [-0.2, 0) is 16.2 Å². The Kier molecular flexibility index (Phi) is 5.86. The molecule has 0 radical (unpaired) electrons. The number of nitrogens with zero attached hydrogens (tertiary/aromatic N) is 3. The number of aromatic nitrogens is 3. The molecular formula is C62H69N3O. The number of hydrogen-bond acceptors (Lipinski definition) is 3. The van der Waals surface area contributed by atoms with Crippen molar-refractivity contribution in [2.24, 2.45) is 0 Å². The summed E-state index contributed by atoms with van der Waals surface area (Å²) in [5, 5.41) is 13.1. The Hall–Kier alpha value is -6.26. The Morgan fingerprint density at radius 2 is 1.33 bits per heavy atom. The maximum Gasteiger partial charge on any atom is 0.149 e. The first-order valence-electron chi connectivity index (χ1n) is 35.8. The number of aromatic hydroxyl groups is 1. The largest absolute Gasteiger partial charge is 0.507 e. The molecule has 6 aromatic carbocycles. The fraction of sp³-hybridized carbons (Fsp3) is 0.323. The van der Waals surface area contributed by atoms with E-state index in [1.54, 1.807) is 44.2 Å². The van der Waals surface area contributed by atoms with Crippen molar-refractivity contribution in [3.8, 4) is 67.5 Å². The van der Waals surface area contributed by atoms with Crippen molar-refractivity contribution in [2.45, 2.75) is 131 Å². The van der Waals surface area contributed by atoms with Crippen LogP contribution in [0.5, 0.6) is 5.75 Å². The molecule has 0 unspecified atom stereocenters. The van der Waals surface area contributed by atoms with E-state index in [0.717, 1.165) is 10.1 Å². The number of aryl methyl sites for hydroxylation is 1. The summed E-state index contributed by atoms with van der Waals surface area (Å²) < 4.78 is 255. The standard InChI is InChI=1S/C62H69N3O/c1-37(2)44-28-45(38(3)4)30-46(29-44)42-23-24-55(40(6)27-42)65-56-18-16-17-51(57(56)64-59(65)52-35-50(61(10,11)12)36-53(58(52)66)62(13,14)15)47-31-48(33-49(32-47)60(7,8)9)54-34-43(25-26-63-54)41-21-19-39(5)20-22-41/h16-38,66H,1-15H3/i5D3,6D3,10D3,11D3,12D3,13D3,14D3,15D3,19D,20D,21D,22D,37D. The molecule has 0 atom stereocenters. The highest BCUT2D eigenvalue weighted by molar-refractivity contribution is 5.97. The van der Waals surface area contributed by atoms with Gasteiger partial charge in [-0.3, -0.25) is 9.55 Å². The molecular weight excluding hydrogens is 803 g/mol. The Morgan fingerprint density at radius 1 is 0.621 bits per heavy atom. The molecule has 8 rings (SSSR count). The molecule has 4 nitrogen and oxygen atoms in total. The second-order valence-corrected chi connectivity index (χ2v) is 18.3. The molecule has 338 valence electrons. The van der Waals surface area contributed by atoms with Gasteiger partial charge in [-0.05, 0) is 146 Å². The minimum atomic E-state index is -4.32. The lowest BCUT2D eigenvalue weighted by atomic mass is 9.79. The highest BCUT2D eigenvalue weighted by Gasteiger charge is 2.29. The third kappa shape index (κ3) is 9.12. The summed E-state index contributed by atoms with van der Waals surface area (Å²) in [5.41, 5.74) is -11.5. The van der Waals surface area contributed by atoms with E-state index in [9.17, 15) is 9.22 Å². The molecule has 0 saturated heterocycles. The summed E-state index contributed by atoms with van der Waals surface area (Å²) in [5.74, 6) is -3.57. The fourth-order valence-corrected chi connectivity index (χ4v) is 7.98. The number of phenolic OH excluding ortho intramolecular Hbond substituents is 1. The molecule has 0 fully saturated rings. The van der Waals surface area contributed by atoms with Crippen molar-refractivity contribution >= 4 is 11.0 Å². The van der Waals surface area contributed by atoms with Gasteiger partial charge in [0.15, 0.2) is 0 Å². The first kappa shape index (κ1) is 22.5. The molecule has 0 aliphatic carbocycles. The smallest absolute Gasteiger partial charge is 0.149 e. The average molecular weight is 901 g/mol. The molecule has 2 heterocycles. The number of rotatable bonds is 8. The second-order valence-electron chi connectivity index (χ2n) is 18.3. The minimum Gasteiger partial charge on any atom is -0.507 e. The van der Waals surface area contributed by atoms with Crippen LogP contribution in [0.15, 0.2) is 127 Å². The molecule has 0 saturated carbocycles. The van der Waals surface area contributed by atoms with Gasteiger partial charge < -0.3 is 5.11 Å². The number of imidazole rings is 1. The predicted octanol–water partition coefficient (Wildman–Crippen LogP) is 17.2. The zero-order chi connectivity index (χ0) is 72.0. The van der Waals surface area contributed by atoms with E-state index >= 15 is 0 Å². The average Bonchev–Trinajstić information content (AvgIpc) is 0.788. The van der Waals surface area contributed by atoms with Crippen LogP contribution in [0.3, 0.4) is 0 Å². The SMILES string of the molecule is [2H]c1c([2H])c(C([2H])([2H])[2H])c([2H])c([2H])c1-c1ccnc(-c2cc(-c3cccc4c3nc(-c3cc(C(C([2H])([2H])[2H])(C([2H])([2H])[2H])C([2H])([2H])[2H])cc(C(C([2H])([2H])[2H])(C([2H])([2H])[2H])C([2H])([2H])[2H])c3O)n4-c3ccc(-c4cc(C(C)C)cc(C([2H])(C)C)c4)cc3C([2H])([2H])[2H])cc(C(C)(C)C)c2)c1. The van der Waals surface area contributed by atoms with Gasteiger partial charge in [-0.15, -0.1) is 0 Å². The van der Waals surface area contributed by atoms with E-state index in [1.165, 1.54) is 48.7 Å². The maximum atomic E-state index is 13.1. The summed E-state index contributed by atoms with van der Waals surface area (Å²) in [6, 6.07) is 20.0. The van der Waals surface area contributed by atoms with Crippen LogP contribution in [0, 0.1) is 13.7 Å². The van der Waals surface area contributed by atoms with Gasteiger partial charge in [-0.2, -0.15) is 0 Å². The normalized spacial score (nSPS) is 20.6. The lowest BCUT2D eigenvalue weighted by Gasteiger charge is -2.27. The molecule has 4 heteroatoms. The van der Waals surface area contributed by atoms with Gasteiger partial charge in [0.25, 0.3) is 0 Å². The summed E-state index contributed by atoms with van der Waals surface area (Å²) in [4.78, 5) is 9.64. The monoisotopic (exact) mass is 901 g/mol. The van der Waals surface area contributed by atoms with Crippen LogP contribution in [-0.4, -0.2) is 19.6 Å². The van der Waals surface area contributed by atoms with Gasteiger partial charge >= 0.3 is 0 Å². The summed E-state index contributed by atoms with van der Waals surface area (Å²) in [6.45, 7) is -18.8. The quantitative estimate of drug-likeness (QED) is 0.165. The molecule has 66 heavy (non-hydrogen) atoms. The summed E-state index contributed by atoms with van der Waals surface area (Å²) >= 11 is 0. The van der Waals surface area contributed by atoms with Gasteiger partial charge in [-0.25, -0.2) is 4.98 Å². The van der Waals surface area contributed by atoms with E-state index in [1.807, 2.05) is 46.8 Å². The fourth-order valence-electron chi connectivity index (χ4n) is 7.98. The molecule has 1 N–H and O–H groups in total. The van der Waals surface area contributed by atoms with Crippen LogP contribution >= 0.6 is 0 Å². The predicted molar refractivity (Wildman–Crippen MR) is 281 cm³/mol. The molecule has 0 aliphatic rings. The van der Waals surface area contributed by atoms with Crippen molar-refractivity contribution in [3.05, 3.63) is 166 Å². The van der Waals surface area contributed by atoms with Crippen LogP contribution < -0.4 is 0 Å². The Bertz CT molecular complexity index is 4210. The number of pyridine rings is 1. The molecule has 0 bridgehead atoms. The van der Waals surface area contributed by atoms with E-state index in [4.69, 9.17) is 40.6 Å². The Labute approximate surface area is 435 Å². The minimum absolute atomic E-state index is 0.0838. The lowest BCUT2D eigenvalue weighted by Crippen LogP contribution is -2.17. The van der Waals surface area contributed by atoms with Crippen molar-refractivity contribution in [1.82, 2.24) is 14.5 Å². The molecule has 0 spiro atoms. The zero-order valence-corrected chi connectivity index (χ0v) is 37.7. The van der Waals surface area contributed by atoms with E-state index < -0.39 is 141 Å². The summed E-state index contributed by atoms with van der Waals surface area (Å²) in [7, 11) is 0. The lowest BCUT2D eigenvalue weighted by molar-refractivity contribution is 0.446. The second kappa shape index (κ2) is 17.2. The van der Waals surface area contributed by atoms with Crippen LogP contribution in [0.4, 0.5) is 0 Å². The molecule has 0 aliphatic heterocycles. The number of hydrogen-bond donors (Lipinski definition) is 1. The maximum absolute atomic E-state index is 13.1. The zero-order valence-electron chi connectivity index (χ0n) is 66.7. The molecule has 2 aromatic heterocycles. The van der Waals surface area contributed by atoms with Crippen molar-refractivity contribution in [3.63, 3.8) is 0 Å². The van der Waals surface area contributed by atoms with Crippen LogP contribution in [0.25, 0.3) is 72.7 Å². The Balaban J connectivity index is 1.61. The number of phenols is 1. The van der Waals surface area contributed by atoms with Crippen LogP contribution in [0.2, 0.25) is 0 Å². The van der Waals surface area contributed by atoms with Crippen molar-refractivity contribution < 1.29 is 44.9 Å². The summed E-state index contributed by atoms with van der Waals surface area (Å²) in [6.07, 6.45) is 1.34. The van der Waals surface area contributed by atoms with Gasteiger partial charge in [0.2, 0.25) is 0 Å². The number of para-hydroxylation sites is 1. The van der Waals surface area contributed by atoms with Gasteiger partial charge in [0.05, 0.1) is 33.5 Å².